The first-order valence-corrected chi connectivity index (χ1v) is 4.68. The van der Waals surface area contributed by atoms with E-state index in [0.29, 0.717) is 0 Å². The highest BCUT2D eigenvalue weighted by atomic mass is 32.2. The summed E-state index contributed by atoms with van der Waals surface area (Å²) in [6.45, 7) is 1.35. The SMILES string of the molecule is CC[C@H]([C@H](O)C(=O)O)S(=O)(=O)O. The fourth-order valence-electron chi connectivity index (χ4n) is 0.756. The largest absolute Gasteiger partial charge is 0.479 e. The van der Waals surface area contributed by atoms with Gasteiger partial charge >= 0.3 is 5.97 Å². The fraction of sp³-hybridized carbons (Fsp3) is 0.800. The molecular formula is C5H10O6S. The van der Waals surface area contributed by atoms with Crippen LogP contribution in [0.3, 0.4) is 0 Å². The van der Waals surface area contributed by atoms with Gasteiger partial charge in [-0.2, -0.15) is 8.42 Å². The van der Waals surface area contributed by atoms with Gasteiger partial charge in [-0.05, 0) is 6.42 Å². The van der Waals surface area contributed by atoms with Crippen molar-refractivity contribution >= 4 is 16.1 Å². The summed E-state index contributed by atoms with van der Waals surface area (Å²) in [5, 5.41) is 15.3. The number of carboxylic acids is 1. The number of aliphatic hydroxyl groups excluding tert-OH is 1. The van der Waals surface area contributed by atoms with E-state index >= 15 is 0 Å². The lowest BCUT2D eigenvalue weighted by molar-refractivity contribution is -0.146. The van der Waals surface area contributed by atoms with Gasteiger partial charge in [-0.25, -0.2) is 4.79 Å². The molecule has 12 heavy (non-hydrogen) atoms. The molecule has 0 saturated heterocycles. The zero-order chi connectivity index (χ0) is 9.94. The lowest BCUT2D eigenvalue weighted by atomic mass is 10.2. The Morgan fingerprint density at radius 1 is 1.50 bits per heavy atom. The molecule has 0 unspecified atom stereocenters. The summed E-state index contributed by atoms with van der Waals surface area (Å²) in [6.07, 6.45) is -2.24. The second kappa shape index (κ2) is 3.83. The van der Waals surface area contributed by atoms with Crippen molar-refractivity contribution in [3.8, 4) is 0 Å². The van der Waals surface area contributed by atoms with Crippen LogP contribution < -0.4 is 0 Å². The number of aliphatic carboxylic acids is 1. The summed E-state index contributed by atoms with van der Waals surface area (Å²) in [6, 6.07) is 0. The predicted molar refractivity (Wildman–Crippen MR) is 39.3 cm³/mol. The second-order valence-corrected chi connectivity index (χ2v) is 3.88. The van der Waals surface area contributed by atoms with E-state index in [9.17, 15) is 13.2 Å². The quantitative estimate of drug-likeness (QED) is 0.504. The molecule has 0 spiro atoms. The molecule has 0 aliphatic rings. The van der Waals surface area contributed by atoms with Crippen LogP contribution in [0.2, 0.25) is 0 Å². The van der Waals surface area contributed by atoms with E-state index in [-0.39, 0.29) is 6.42 Å². The van der Waals surface area contributed by atoms with Crippen molar-refractivity contribution < 1.29 is 28.0 Å². The Kier molecular flexibility index (Phi) is 3.62. The lowest BCUT2D eigenvalue weighted by Gasteiger charge is -2.13. The second-order valence-electron chi connectivity index (χ2n) is 2.24. The minimum absolute atomic E-state index is 0.160. The molecule has 6 nitrogen and oxygen atoms in total. The molecule has 0 heterocycles. The third-order valence-corrected chi connectivity index (χ3v) is 2.75. The Morgan fingerprint density at radius 3 is 2.00 bits per heavy atom. The predicted octanol–water partition coefficient (Wildman–Crippen LogP) is -0.902. The summed E-state index contributed by atoms with van der Waals surface area (Å²) < 4.78 is 29.3. The first-order valence-electron chi connectivity index (χ1n) is 3.17. The maximum atomic E-state index is 10.4. The van der Waals surface area contributed by atoms with E-state index in [2.05, 4.69) is 0 Å². The number of hydrogen-bond donors (Lipinski definition) is 3. The highest BCUT2D eigenvalue weighted by molar-refractivity contribution is 7.86. The molecule has 0 aromatic carbocycles. The van der Waals surface area contributed by atoms with Gasteiger partial charge in [-0.3, -0.25) is 4.55 Å². The van der Waals surface area contributed by atoms with Crippen LogP contribution in [-0.2, 0) is 14.9 Å². The standard InChI is InChI=1S/C5H10O6S/c1-2-3(12(9,10)11)4(6)5(7)8/h3-4,6H,2H2,1H3,(H,7,8)(H,9,10,11)/t3-,4+/m1/s1. The number of rotatable bonds is 4. The smallest absolute Gasteiger partial charge is 0.333 e. The molecule has 0 aromatic rings. The molecule has 7 heteroatoms. The fourth-order valence-corrected chi connectivity index (χ4v) is 1.62. The number of hydrogen-bond acceptors (Lipinski definition) is 4. The van der Waals surface area contributed by atoms with Crippen LogP contribution in [0.25, 0.3) is 0 Å². The van der Waals surface area contributed by atoms with Crippen molar-refractivity contribution in [2.24, 2.45) is 0 Å². The molecule has 0 aliphatic heterocycles. The van der Waals surface area contributed by atoms with Gasteiger partial charge in [0.15, 0.2) is 6.10 Å². The Bertz CT molecular complexity index is 255. The molecule has 3 N–H and O–H groups in total. The normalized spacial score (nSPS) is 16.9. The van der Waals surface area contributed by atoms with E-state index in [4.69, 9.17) is 14.8 Å². The first-order chi connectivity index (χ1) is 5.30. The minimum atomic E-state index is -4.49. The zero-order valence-electron chi connectivity index (χ0n) is 6.34. The van der Waals surface area contributed by atoms with Crippen LogP contribution in [0.15, 0.2) is 0 Å². The molecule has 2 atom stereocenters. The van der Waals surface area contributed by atoms with Crippen LogP contribution >= 0.6 is 0 Å². The Morgan fingerprint density at radius 2 is 1.92 bits per heavy atom. The van der Waals surface area contributed by atoms with E-state index in [1.165, 1.54) is 6.92 Å². The molecule has 0 bridgehead atoms. The molecule has 0 radical (unpaired) electrons. The summed E-state index contributed by atoms with van der Waals surface area (Å²) in [4.78, 5) is 10.1. The van der Waals surface area contributed by atoms with Gasteiger partial charge in [0.25, 0.3) is 10.1 Å². The summed E-state index contributed by atoms with van der Waals surface area (Å²) in [7, 11) is -4.49. The van der Waals surface area contributed by atoms with Crippen molar-refractivity contribution in [2.75, 3.05) is 0 Å². The van der Waals surface area contributed by atoms with Crippen LogP contribution in [-0.4, -0.2) is 40.5 Å². The molecule has 0 rings (SSSR count). The third kappa shape index (κ3) is 2.76. The van der Waals surface area contributed by atoms with Gasteiger partial charge < -0.3 is 10.2 Å². The van der Waals surface area contributed by atoms with Gasteiger partial charge in [0.1, 0.15) is 5.25 Å². The van der Waals surface area contributed by atoms with Crippen LogP contribution in [0.4, 0.5) is 0 Å². The van der Waals surface area contributed by atoms with Crippen LogP contribution in [0.5, 0.6) is 0 Å². The Labute approximate surface area is 69.6 Å². The molecule has 0 aliphatic carbocycles. The van der Waals surface area contributed by atoms with Gasteiger partial charge in [-0.15, -0.1) is 0 Å². The molecule has 0 aromatic heterocycles. The summed E-state index contributed by atoms with van der Waals surface area (Å²) in [5.74, 6) is -1.67. The Hall–Kier alpha value is -0.660. The number of carboxylic acid groups (broad SMARTS) is 1. The van der Waals surface area contributed by atoms with Crippen molar-refractivity contribution in [1.82, 2.24) is 0 Å². The van der Waals surface area contributed by atoms with Gasteiger partial charge in [0.05, 0.1) is 0 Å². The monoisotopic (exact) mass is 198 g/mol. The average molecular weight is 198 g/mol. The Balaban J connectivity index is 4.70. The maximum Gasteiger partial charge on any atom is 0.333 e. The number of aliphatic hydroxyl groups is 1. The van der Waals surface area contributed by atoms with Crippen LogP contribution in [0.1, 0.15) is 13.3 Å². The highest BCUT2D eigenvalue weighted by Crippen LogP contribution is 2.09. The third-order valence-electron chi connectivity index (χ3n) is 1.39. The summed E-state index contributed by atoms with van der Waals surface area (Å²) >= 11 is 0. The van der Waals surface area contributed by atoms with Crippen molar-refractivity contribution in [3.05, 3.63) is 0 Å². The van der Waals surface area contributed by atoms with E-state index in [0.717, 1.165) is 0 Å². The van der Waals surface area contributed by atoms with E-state index < -0.39 is 27.4 Å². The first kappa shape index (κ1) is 11.3. The number of carbonyl (C=O) groups is 1. The molecule has 0 fully saturated rings. The van der Waals surface area contributed by atoms with E-state index in [1.807, 2.05) is 0 Å². The molecule has 0 amide bonds. The van der Waals surface area contributed by atoms with Gasteiger partial charge in [0.2, 0.25) is 0 Å². The molecule has 72 valence electrons. The van der Waals surface area contributed by atoms with Crippen molar-refractivity contribution in [2.45, 2.75) is 24.7 Å². The summed E-state index contributed by atoms with van der Waals surface area (Å²) in [5.41, 5.74) is 0. The van der Waals surface area contributed by atoms with E-state index in [1.54, 1.807) is 0 Å². The minimum Gasteiger partial charge on any atom is -0.479 e. The average Bonchev–Trinajstić information content (AvgIpc) is 1.85. The van der Waals surface area contributed by atoms with Gasteiger partial charge in [0, 0.05) is 0 Å². The molecule has 0 saturated carbocycles. The van der Waals surface area contributed by atoms with Crippen LogP contribution in [0, 0.1) is 0 Å². The van der Waals surface area contributed by atoms with Crippen molar-refractivity contribution in [1.29, 1.82) is 0 Å². The topological polar surface area (TPSA) is 112 Å². The zero-order valence-corrected chi connectivity index (χ0v) is 7.15. The molecular weight excluding hydrogens is 188 g/mol. The van der Waals surface area contributed by atoms with Gasteiger partial charge in [-0.1, -0.05) is 6.92 Å². The van der Waals surface area contributed by atoms with Crippen molar-refractivity contribution in [3.63, 3.8) is 0 Å². The highest BCUT2D eigenvalue weighted by Gasteiger charge is 2.33. The maximum absolute atomic E-state index is 10.4. The lowest BCUT2D eigenvalue weighted by Crippen LogP contribution is -2.38.